The van der Waals surface area contributed by atoms with Gasteiger partial charge in [-0.15, -0.1) is 0 Å². The number of fused-ring (bicyclic) bond motifs is 2. The van der Waals surface area contributed by atoms with Gasteiger partial charge in [0.15, 0.2) is 0 Å². The molecule has 0 saturated heterocycles. The van der Waals surface area contributed by atoms with Crippen LogP contribution < -0.4 is 10.9 Å². The summed E-state index contributed by atoms with van der Waals surface area (Å²) in [5.74, 6) is -0.184. The fraction of sp³-hybridized carbons (Fsp3) is 0.400. The van der Waals surface area contributed by atoms with Crippen LogP contribution in [0, 0.1) is 0 Å². The van der Waals surface area contributed by atoms with E-state index in [2.05, 4.69) is 10.3 Å². The quantitative estimate of drug-likeness (QED) is 0.653. The van der Waals surface area contributed by atoms with Crippen LogP contribution in [0.2, 0.25) is 0 Å². The van der Waals surface area contributed by atoms with E-state index in [4.69, 9.17) is 0 Å². The lowest BCUT2D eigenvalue weighted by Gasteiger charge is -2.30. The van der Waals surface area contributed by atoms with Gasteiger partial charge >= 0.3 is 0 Å². The summed E-state index contributed by atoms with van der Waals surface area (Å²) in [6.45, 7) is 0.956. The average molecular weight is 431 g/mol. The lowest BCUT2D eigenvalue weighted by atomic mass is 9.95. The van der Waals surface area contributed by atoms with Gasteiger partial charge in [0, 0.05) is 48.5 Å². The van der Waals surface area contributed by atoms with Crippen molar-refractivity contribution in [3.63, 3.8) is 0 Å². The molecule has 0 radical (unpaired) electrons. The molecule has 1 aliphatic heterocycles. The third-order valence-electron chi connectivity index (χ3n) is 6.87. The highest BCUT2D eigenvalue weighted by molar-refractivity contribution is 5.96. The first-order valence-electron chi connectivity index (χ1n) is 11.5. The minimum absolute atomic E-state index is 0.0635. The van der Waals surface area contributed by atoms with Gasteiger partial charge in [0.1, 0.15) is 5.56 Å². The number of hydrogen-bond acceptors (Lipinski definition) is 3. The third-order valence-corrected chi connectivity index (χ3v) is 6.87. The second-order valence-electron chi connectivity index (χ2n) is 9.30. The molecule has 3 aliphatic rings. The number of nitrogens with zero attached hydrogens (tertiary/aromatic N) is 2. The summed E-state index contributed by atoms with van der Waals surface area (Å²) in [7, 11) is 0. The van der Waals surface area contributed by atoms with E-state index in [9.17, 15) is 14.4 Å². The molecule has 2 saturated carbocycles. The summed E-state index contributed by atoms with van der Waals surface area (Å²) in [5, 5.41) is 4.06. The van der Waals surface area contributed by atoms with Crippen molar-refractivity contribution in [3.8, 4) is 0 Å². The zero-order valence-corrected chi connectivity index (χ0v) is 17.9. The summed E-state index contributed by atoms with van der Waals surface area (Å²) < 4.78 is 1.73. The number of amides is 2. The molecule has 0 bridgehead atoms. The Balaban J connectivity index is 1.29. The molecule has 2 aliphatic carbocycles. The van der Waals surface area contributed by atoms with Crippen molar-refractivity contribution >= 4 is 22.7 Å². The Hall–Kier alpha value is -3.35. The Morgan fingerprint density at radius 3 is 2.72 bits per heavy atom. The van der Waals surface area contributed by atoms with Crippen molar-refractivity contribution in [2.24, 2.45) is 0 Å². The summed E-state index contributed by atoms with van der Waals surface area (Å²) in [6.07, 6.45) is 8.55. The van der Waals surface area contributed by atoms with Gasteiger partial charge in [0.25, 0.3) is 11.5 Å². The van der Waals surface area contributed by atoms with Crippen molar-refractivity contribution in [1.82, 2.24) is 19.8 Å². The number of carbonyl (C=O) groups excluding carboxylic acids is 2. The van der Waals surface area contributed by atoms with Crippen molar-refractivity contribution in [3.05, 3.63) is 69.3 Å². The molecule has 3 aromatic rings. The lowest BCUT2D eigenvalue weighted by Crippen LogP contribution is -2.42. The molecule has 164 valence electrons. The van der Waals surface area contributed by atoms with E-state index in [1.54, 1.807) is 4.57 Å². The van der Waals surface area contributed by atoms with Gasteiger partial charge in [-0.1, -0.05) is 18.2 Å². The van der Waals surface area contributed by atoms with E-state index >= 15 is 0 Å². The van der Waals surface area contributed by atoms with Crippen LogP contribution in [-0.4, -0.2) is 38.9 Å². The van der Waals surface area contributed by atoms with E-state index in [-0.39, 0.29) is 29.5 Å². The van der Waals surface area contributed by atoms with Crippen LogP contribution in [0.3, 0.4) is 0 Å². The molecule has 6 rings (SSSR count). The fourth-order valence-electron chi connectivity index (χ4n) is 4.79. The highest BCUT2D eigenvalue weighted by atomic mass is 16.2. The van der Waals surface area contributed by atoms with Crippen LogP contribution in [0.5, 0.6) is 0 Å². The van der Waals surface area contributed by atoms with E-state index in [0.29, 0.717) is 31.5 Å². The molecule has 3 heterocycles. The lowest BCUT2D eigenvalue weighted by molar-refractivity contribution is -0.131. The molecule has 2 fully saturated rings. The first kappa shape index (κ1) is 19.3. The molecule has 2 amide bonds. The number of para-hydroxylation sites is 1. The molecule has 2 N–H and O–H groups in total. The van der Waals surface area contributed by atoms with Gasteiger partial charge in [0.05, 0.1) is 6.42 Å². The van der Waals surface area contributed by atoms with Crippen LogP contribution >= 0.6 is 0 Å². The standard InChI is InChI=1S/C25H26N4O3/c30-22(11-15-12-26-21-4-2-1-3-19(15)21)28-10-9-20-16(13-28)14-29(18-7-8-18)25(32)23(20)24(31)27-17-5-6-17/h1-4,12,14,17-18,26H,5-11,13H2,(H,27,31). The van der Waals surface area contributed by atoms with Gasteiger partial charge in [-0.05, 0) is 54.9 Å². The molecule has 7 nitrogen and oxygen atoms in total. The Kier molecular flexibility index (Phi) is 4.45. The molecule has 0 unspecified atom stereocenters. The minimum Gasteiger partial charge on any atom is -0.361 e. The van der Waals surface area contributed by atoms with Crippen molar-refractivity contribution < 1.29 is 9.59 Å². The van der Waals surface area contributed by atoms with Crippen molar-refractivity contribution in [1.29, 1.82) is 0 Å². The van der Waals surface area contributed by atoms with E-state index < -0.39 is 0 Å². The van der Waals surface area contributed by atoms with Crippen LogP contribution in [0.25, 0.3) is 10.9 Å². The first-order chi connectivity index (χ1) is 15.6. The largest absolute Gasteiger partial charge is 0.361 e. The fourth-order valence-corrected chi connectivity index (χ4v) is 4.79. The van der Waals surface area contributed by atoms with Crippen LogP contribution in [0.1, 0.15) is 58.8 Å². The van der Waals surface area contributed by atoms with Gasteiger partial charge < -0.3 is 19.8 Å². The molecule has 0 atom stereocenters. The minimum atomic E-state index is -0.248. The second kappa shape index (κ2) is 7.36. The topological polar surface area (TPSA) is 87.2 Å². The highest BCUT2D eigenvalue weighted by Crippen LogP contribution is 2.35. The Morgan fingerprint density at radius 1 is 1.12 bits per heavy atom. The summed E-state index contributed by atoms with van der Waals surface area (Å²) in [4.78, 5) is 44.3. The molecule has 2 aromatic heterocycles. The van der Waals surface area contributed by atoms with Crippen LogP contribution in [0.4, 0.5) is 0 Å². The molecular weight excluding hydrogens is 404 g/mol. The predicted molar refractivity (Wildman–Crippen MR) is 121 cm³/mol. The van der Waals surface area contributed by atoms with E-state index in [1.807, 2.05) is 41.6 Å². The van der Waals surface area contributed by atoms with Crippen LogP contribution in [-0.2, 0) is 24.2 Å². The average Bonchev–Trinajstić information content (AvgIpc) is 3.73. The number of benzene rings is 1. The predicted octanol–water partition coefficient (Wildman–Crippen LogP) is 2.68. The van der Waals surface area contributed by atoms with Crippen LogP contribution in [0.15, 0.2) is 41.5 Å². The summed E-state index contributed by atoms with van der Waals surface area (Å²) >= 11 is 0. The van der Waals surface area contributed by atoms with E-state index in [0.717, 1.165) is 53.3 Å². The van der Waals surface area contributed by atoms with Crippen molar-refractivity contribution in [2.45, 2.75) is 57.2 Å². The summed E-state index contributed by atoms with van der Waals surface area (Å²) in [6, 6.07) is 8.36. The molecule has 7 heteroatoms. The normalized spacial score (nSPS) is 17.9. The number of rotatable bonds is 5. The first-order valence-corrected chi connectivity index (χ1v) is 11.5. The third kappa shape index (κ3) is 3.42. The number of carbonyl (C=O) groups is 2. The second-order valence-corrected chi connectivity index (χ2v) is 9.30. The Labute approximate surface area is 185 Å². The Bertz CT molecular complexity index is 1300. The van der Waals surface area contributed by atoms with Gasteiger partial charge in [-0.25, -0.2) is 0 Å². The molecular formula is C25H26N4O3. The number of aromatic amines is 1. The van der Waals surface area contributed by atoms with Gasteiger partial charge in [0.2, 0.25) is 5.91 Å². The Morgan fingerprint density at radius 2 is 1.94 bits per heavy atom. The van der Waals surface area contributed by atoms with Gasteiger partial charge in [-0.3, -0.25) is 14.4 Å². The number of pyridine rings is 1. The summed E-state index contributed by atoms with van der Waals surface area (Å²) in [5.41, 5.74) is 3.88. The number of H-pyrrole nitrogens is 1. The number of aromatic nitrogens is 2. The number of nitrogens with one attached hydrogen (secondary N) is 2. The monoisotopic (exact) mass is 430 g/mol. The smallest absolute Gasteiger partial charge is 0.263 e. The molecule has 0 spiro atoms. The zero-order valence-electron chi connectivity index (χ0n) is 17.9. The zero-order chi connectivity index (χ0) is 21.8. The maximum atomic E-state index is 13.2. The van der Waals surface area contributed by atoms with Crippen molar-refractivity contribution in [2.75, 3.05) is 6.54 Å². The maximum Gasteiger partial charge on any atom is 0.263 e. The molecule has 1 aromatic carbocycles. The van der Waals surface area contributed by atoms with Gasteiger partial charge in [-0.2, -0.15) is 0 Å². The van der Waals surface area contributed by atoms with E-state index in [1.165, 1.54) is 0 Å². The highest BCUT2D eigenvalue weighted by Gasteiger charge is 2.34. The molecule has 32 heavy (non-hydrogen) atoms. The maximum absolute atomic E-state index is 13.2. The number of hydrogen-bond donors (Lipinski definition) is 2. The SMILES string of the molecule is O=C(NC1CC1)c1c2c(cn(C3CC3)c1=O)CN(C(=O)Cc1c[nH]c3ccccc13)CC2.